The van der Waals surface area contributed by atoms with Crippen LogP contribution in [-0.4, -0.2) is 20.1 Å². The van der Waals surface area contributed by atoms with Crippen LogP contribution in [0.15, 0.2) is 0 Å². The summed E-state index contributed by atoms with van der Waals surface area (Å²) in [5, 5.41) is 0. The van der Waals surface area contributed by atoms with Gasteiger partial charge in [0, 0.05) is 11.5 Å². The van der Waals surface area contributed by atoms with Crippen molar-refractivity contribution in [3.63, 3.8) is 0 Å². The molecule has 0 aliphatic heterocycles. The third-order valence-corrected chi connectivity index (χ3v) is 4.10. The van der Waals surface area contributed by atoms with Crippen LogP contribution in [0.5, 0.6) is 0 Å². The number of thiocarbonyl (C=S) groups is 2. The van der Waals surface area contributed by atoms with Gasteiger partial charge in [0.2, 0.25) is 0 Å². The van der Waals surface area contributed by atoms with Crippen LogP contribution in [0.2, 0.25) is 0 Å². The number of nitrogens with two attached hydrogens (primary N) is 3. The second-order valence-corrected chi connectivity index (χ2v) is 6.64. The number of thioether (sulfide) groups is 2. The number of hydrogen-bond acceptors (Lipinski definition) is 4. The van der Waals surface area contributed by atoms with Crippen molar-refractivity contribution in [3.8, 4) is 0 Å². The van der Waals surface area contributed by atoms with Crippen molar-refractivity contribution in [2.75, 3.05) is 11.5 Å². The Kier molecular flexibility index (Phi) is 20.5. The van der Waals surface area contributed by atoms with Gasteiger partial charge in [0.25, 0.3) is 0 Å². The van der Waals surface area contributed by atoms with Crippen molar-refractivity contribution in [1.82, 2.24) is 0 Å². The van der Waals surface area contributed by atoms with Gasteiger partial charge in [0.15, 0.2) is 0 Å². The van der Waals surface area contributed by atoms with Crippen LogP contribution in [0.3, 0.4) is 0 Å². The van der Waals surface area contributed by atoms with E-state index in [0.717, 1.165) is 17.9 Å². The van der Waals surface area contributed by atoms with Crippen LogP contribution in [0.1, 0.15) is 19.8 Å². The molecule has 16 heavy (non-hydrogen) atoms. The van der Waals surface area contributed by atoms with Gasteiger partial charge in [-0.15, -0.1) is 0 Å². The monoisotopic (exact) mass is 307 g/mol. The summed E-state index contributed by atoms with van der Waals surface area (Å²) in [6, 6.07) is 0. The Labute approximate surface area is 139 Å². The van der Waals surface area contributed by atoms with Crippen LogP contribution in [-0.2, 0) is 0 Å². The van der Waals surface area contributed by atoms with Gasteiger partial charge in [0.05, 0.1) is 0 Å². The molecule has 0 rings (SSSR count). The van der Waals surface area contributed by atoms with E-state index in [4.69, 9.17) is 35.9 Å². The van der Waals surface area contributed by atoms with Crippen molar-refractivity contribution in [2.45, 2.75) is 19.8 Å². The molecular formula is C8H18N3NaS4. The molecule has 1 atom stereocenters. The summed E-state index contributed by atoms with van der Waals surface area (Å²) in [4.78, 5) is 0. The second-order valence-electron chi connectivity index (χ2n) is 3.04. The smallest absolute Gasteiger partial charge is 0.693 e. The zero-order valence-corrected chi connectivity index (χ0v) is 15.0. The fourth-order valence-corrected chi connectivity index (χ4v) is 2.49. The normalized spacial score (nSPS) is 10.8. The Morgan fingerprint density at radius 3 is 2.12 bits per heavy atom. The predicted octanol–water partition coefficient (Wildman–Crippen LogP) is 0.0774. The fourth-order valence-electron chi connectivity index (χ4n) is 0.912. The fraction of sp³-hybridized carbons (Fsp3) is 0.750. The van der Waals surface area contributed by atoms with E-state index in [-0.39, 0.29) is 35.7 Å². The molecule has 0 amide bonds. The van der Waals surface area contributed by atoms with Crippen LogP contribution in [0.25, 0.3) is 6.15 Å². The molecule has 0 aromatic rings. The molecule has 0 heterocycles. The molecule has 1 unspecified atom stereocenters. The Balaban J connectivity index is -0.000000845. The average molecular weight is 308 g/mol. The first kappa shape index (κ1) is 22.6. The summed E-state index contributed by atoms with van der Waals surface area (Å²) in [6.45, 7) is 2.21. The molecule has 3 nitrogen and oxygen atoms in total. The molecule has 0 saturated carbocycles. The van der Waals surface area contributed by atoms with E-state index in [1.54, 1.807) is 23.5 Å². The molecule has 0 spiro atoms. The topological polar surface area (TPSA) is 85.5 Å². The van der Waals surface area contributed by atoms with Crippen LogP contribution in [0.4, 0.5) is 0 Å². The van der Waals surface area contributed by atoms with Crippen molar-refractivity contribution in [2.24, 2.45) is 17.4 Å². The van der Waals surface area contributed by atoms with Crippen molar-refractivity contribution >= 4 is 56.6 Å². The average Bonchev–Trinajstić information content (AvgIpc) is 2.08. The van der Waals surface area contributed by atoms with Gasteiger partial charge in [-0.3, -0.25) is 0 Å². The molecule has 0 aliphatic rings. The first-order valence-corrected chi connectivity index (χ1v) is 7.15. The summed E-state index contributed by atoms with van der Waals surface area (Å²) < 4.78 is 1.07. The minimum atomic E-state index is 0. The van der Waals surface area contributed by atoms with Gasteiger partial charge >= 0.3 is 29.6 Å². The van der Waals surface area contributed by atoms with Crippen molar-refractivity contribution in [3.05, 3.63) is 6.15 Å². The van der Waals surface area contributed by atoms with Gasteiger partial charge in [-0.05, 0) is 18.8 Å². The number of hydrogen-bond donors (Lipinski definition) is 2. The van der Waals surface area contributed by atoms with Crippen LogP contribution < -0.4 is 41.0 Å². The molecule has 90 valence electrons. The maximum Gasteiger partial charge on any atom is 1.00 e. The molecule has 6 N–H and O–H groups in total. The first-order chi connectivity index (χ1) is 6.52. The van der Waals surface area contributed by atoms with Gasteiger partial charge in [-0.2, -0.15) is 0 Å². The van der Waals surface area contributed by atoms with Crippen LogP contribution in [0, 0.1) is 5.92 Å². The van der Waals surface area contributed by atoms with E-state index in [9.17, 15) is 0 Å². The summed E-state index contributed by atoms with van der Waals surface area (Å²) >= 11 is 12.7. The molecule has 0 fully saturated rings. The van der Waals surface area contributed by atoms with Crippen molar-refractivity contribution in [1.29, 1.82) is 0 Å². The number of rotatable bonds is 6. The molecule has 0 saturated heterocycles. The molecular weight excluding hydrogens is 289 g/mol. The summed E-state index contributed by atoms with van der Waals surface area (Å²) in [5.41, 5.74) is 10.8. The SMILES string of the molecule is CC(CCCSC(N)=S)CSC(N)=S.[NH2-].[Na+]. The Bertz CT molecular complexity index is 204. The van der Waals surface area contributed by atoms with E-state index in [0.29, 0.717) is 14.6 Å². The molecule has 8 heteroatoms. The van der Waals surface area contributed by atoms with Gasteiger partial charge in [-0.1, -0.05) is 54.9 Å². The minimum absolute atomic E-state index is 0. The van der Waals surface area contributed by atoms with E-state index in [2.05, 4.69) is 6.92 Å². The second kappa shape index (κ2) is 14.5. The third kappa shape index (κ3) is 17.8. The van der Waals surface area contributed by atoms with E-state index in [1.165, 1.54) is 6.42 Å². The maximum absolute atomic E-state index is 5.39. The largest absolute Gasteiger partial charge is 1.00 e. The Morgan fingerprint density at radius 1 is 1.19 bits per heavy atom. The summed E-state index contributed by atoms with van der Waals surface area (Å²) in [7, 11) is 0. The minimum Gasteiger partial charge on any atom is -0.693 e. The molecule has 0 radical (unpaired) electrons. The maximum atomic E-state index is 5.39. The summed E-state index contributed by atoms with van der Waals surface area (Å²) in [6.07, 6.45) is 2.31. The zero-order chi connectivity index (χ0) is 11.0. The third-order valence-electron chi connectivity index (χ3n) is 1.60. The Hall–Kier alpha value is 1.44. The molecule has 0 aromatic carbocycles. The molecule has 0 bridgehead atoms. The molecule has 0 aliphatic carbocycles. The summed E-state index contributed by atoms with van der Waals surface area (Å²) in [5.74, 6) is 2.67. The standard InChI is InChI=1S/C8H16N2S4.H2N.Na/c1-6(5-14-8(10)12)3-2-4-13-7(9)11;;/h6H,2-5H2,1H3,(H2,9,11)(H2,10,12);1H2;/q;-1;+1. The van der Waals surface area contributed by atoms with Gasteiger partial charge in [0.1, 0.15) is 8.64 Å². The van der Waals surface area contributed by atoms with Crippen molar-refractivity contribution < 1.29 is 29.6 Å². The van der Waals surface area contributed by atoms with Crippen LogP contribution >= 0.6 is 48.0 Å². The van der Waals surface area contributed by atoms with E-state index < -0.39 is 0 Å². The van der Waals surface area contributed by atoms with E-state index in [1.807, 2.05) is 0 Å². The van der Waals surface area contributed by atoms with Gasteiger partial charge in [-0.25, -0.2) is 0 Å². The predicted molar refractivity (Wildman–Crippen MR) is 82.2 cm³/mol. The Morgan fingerprint density at radius 2 is 1.69 bits per heavy atom. The zero-order valence-electron chi connectivity index (χ0n) is 9.77. The molecule has 0 aromatic heterocycles. The first-order valence-electron chi connectivity index (χ1n) is 4.37. The van der Waals surface area contributed by atoms with E-state index >= 15 is 0 Å². The quantitative estimate of drug-likeness (QED) is 0.410. The van der Waals surface area contributed by atoms with Gasteiger partial charge < -0.3 is 17.6 Å².